The lowest BCUT2D eigenvalue weighted by Gasteiger charge is -2.05. The van der Waals surface area contributed by atoms with Crippen LogP contribution >= 0.6 is 0 Å². The molecule has 0 atom stereocenters. The summed E-state index contributed by atoms with van der Waals surface area (Å²) in [7, 11) is -1.26. The van der Waals surface area contributed by atoms with Crippen molar-refractivity contribution >= 4 is 45.2 Å². The van der Waals surface area contributed by atoms with Crippen LogP contribution in [0.1, 0.15) is 44.6 Å². The Bertz CT molecular complexity index is 1230. The average molecular weight is 447 g/mol. The minimum absolute atomic E-state index is 0.0285. The van der Waals surface area contributed by atoms with Crippen LogP contribution in [0.4, 0.5) is 5.69 Å². The molecule has 1 amide bonds. The van der Waals surface area contributed by atoms with Gasteiger partial charge in [-0.2, -0.15) is 0 Å². The van der Waals surface area contributed by atoms with Crippen molar-refractivity contribution in [1.29, 1.82) is 0 Å². The van der Waals surface area contributed by atoms with E-state index in [1.165, 1.54) is 38.4 Å². The van der Waals surface area contributed by atoms with Crippen LogP contribution in [0.2, 0.25) is 0 Å². The number of aromatic nitrogens is 1. The van der Waals surface area contributed by atoms with Gasteiger partial charge >= 0.3 is 11.9 Å². The molecule has 2 heterocycles. The number of nitrogens with one attached hydrogen (secondary N) is 3. The minimum Gasteiger partial charge on any atom is -0.465 e. The van der Waals surface area contributed by atoms with Gasteiger partial charge in [0.2, 0.25) is 10.0 Å². The van der Waals surface area contributed by atoms with Crippen LogP contribution in [0.3, 0.4) is 0 Å². The smallest absolute Gasteiger partial charge is 0.355 e. The largest absolute Gasteiger partial charge is 0.465 e. The van der Waals surface area contributed by atoms with Crippen molar-refractivity contribution in [3.8, 4) is 0 Å². The van der Waals surface area contributed by atoms with Gasteiger partial charge in [-0.3, -0.25) is 4.79 Å². The molecule has 0 aliphatic carbocycles. The van der Waals surface area contributed by atoms with Crippen LogP contribution in [-0.2, 0) is 24.3 Å². The third-order valence-corrected chi connectivity index (χ3v) is 6.20. The number of hydrogen-bond donors (Lipinski definition) is 3. The number of benzene rings is 1. The molecule has 31 heavy (non-hydrogen) atoms. The molecule has 0 radical (unpaired) electrons. The van der Waals surface area contributed by atoms with Crippen molar-refractivity contribution in [2.45, 2.75) is 18.7 Å². The summed E-state index contributed by atoms with van der Waals surface area (Å²) in [4.78, 5) is 40.0. The van der Waals surface area contributed by atoms with E-state index < -0.39 is 27.9 Å². The molecular formula is C20H21N3O7S. The van der Waals surface area contributed by atoms with Gasteiger partial charge in [-0.25, -0.2) is 22.7 Å². The third-order valence-electron chi connectivity index (χ3n) is 4.79. The number of carbonyl (C=O) groups is 3. The summed E-state index contributed by atoms with van der Waals surface area (Å²) in [6.45, 7) is 3.34. The van der Waals surface area contributed by atoms with Gasteiger partial charge in [0.15, 0.2) is 0 Å². The lowest BCUT2D eigenvalue weighted by atomic mass is 10.0. The first-order valence-electron chi connectivity index (χ1n) is 9.23. The number of esters is 2. The summed E-state index contributed by atoms with van der Waals surface area (Å²) >= 11 is 0. The molecule has 1 aromatic heterocycles. The first-order valence-corrected chi connectivity index (χ1v) is 10.7. The maximum Gasteiger partial charge on any atom is 0.355 e. The van der Waals surface area contributed by atoms with Crippen LogP contribution in [-0.4, -0.2) is 52.0 Å². The maximum absolute atomic E-state index is 12.6. The number of aromatic amines is 1. The summed E-state index contributed by atoms with van der Waals surface area (Å²) in [5, 5.41) is 2.65. The minimum atomic E-state index is -3.74. The van der Waals surface area contributed by atoms with Crippen molar-refractivity contribution in [1.82, 2.24) is 9.71 Å². The van der Waals surface area contributed by atoms with Gasteiger partial charge < -0.3 is 19.8 Å². The molecule has 0 unspecified atom stereocenters. The summed E-state index contributed by atoms with van der Waals surface area (Å²) in [5.74, 6) is -1.86. The van der Waals surface area contributed by atoms with Crippen LogP contribution < -0.4 is 10.0 Å². The van der Waals surface area contributed by atoms with E-state index >= 15 is 0 Å². The van der Waals surface area contributed by atoms with Gasteiger partial charge in [-0.1, -0.05) is 0 Å². The lowest BCUT2D eigenvalue weighted by Crippen LogP contribution is -2.18. The van der Waals surface area contributed by atoms with E-state index in [2.05, 4.69) is 15.0 Å². The number of sulfonamides is 1. The van der Waals surface area contributed by atoms with E-state index in [1.807, 2.05) is 0 Å². The standard InChI is InChI=1S/C20H21N3O7S/c1-5-30-20(26)17-10(2)16(19(25)29-4)15(22-17)9-13-12-8-11(31(27,28)21-3)6-7-14(12)23-18(13)24/h6-9,21-22H,5H2,1-4H3,(H,23,24). The second-order valence-corrected chi connectivity index (χ2v) is 8.44. The molecule has 1 aliphatic heterocycles. The molecule has 3 N–H and O–H groups in total. The fraction of sp³-hybridized carbons (Fsp3) is 0.250. The molecular weight excluding hydrogens is 426 g/mol. The number of amides is 1. The number of methoxy groups -OCH3 is 1. The van der Waals surface area contributed by atoms with Crippen LogP contribution in [0.5, 0.6) is 0 Å². The van der Waals surface area contributed by atoms with E-state index in [-0.39, 0.29) is 34.0 Å². The predicted octanol–water partition coefficient (Wildman–Crippen LogP) is 1.69. The molecule has 0 saturated heterocycles. The first kappa shape index (κ1) is 22.2. The zero-order valence-corrected chi connectivity index (χ0v) is 18.1. The number of ether oxygens (including phenoxy) is 2. The normalized spacial score (nSPS) is 14.3. The van der Waals surface area contributed by atoms with Gasteiger partial charge in [0.1, 0.15) is 5.69 Å². The van der Waals surface area contributed by atoms with Crippen molar-refractivity contribution in [2.24, 2.45) is 0 Å². The highest BCUT2D eigenvalue weighted by Crippen LogP contribution is 2.35. The Kier molecular flexibility index (Phi) is 6.00. The summed E-state index contributed by atoms with van der Waals surface area (Å²) in [6, 6.07) is 4.19. The highest BCUT2D eigenvalue weighted by molar-refractivity contribution is 7.89. The zero-order valence-electron chi connectivity index (χ0n) is 17.3. The van der Waals surface area contributed by atoms with Crippen LogP contribution in [0, 0.1) is 6.92 Å². The predicted molar refractivity (Wildman–Crippen MR) is 112 cm³/mol. The zero-order chi connectivity index (χ0) is 22.9. The van der Waals surface area contributed by atoms with Gasteiger partial charge in [-0.05, 0) is 50.7 Å². The van der Waals surface area contributed by atoms with Gasteiger partial charge in [0.25, 0.3) is 5.91 Å². The van der Waals surface area contributed by atoms with Crippen molar-refractivity contribution in [2.75, 3.05) is 26.1 Å². The van der Waals surface area contributed by atoms with E-state index in [4.69, 9.17) is 9.47 Å². The van der Waals surface area contributed by atoms with E-state index in [9.17, 15) is 22.8 Å². The number of H-pyrrole nitrogens is 1. The molecule has 164 valence electrons. The topological polar surface area (TPSA) is 144 Å². The van der Waals surface area contributed by atoms with Crippen molar-refractivity contribution < 1.29 is 32.3 Å². The molecule has 1 aromatic carbocycles. The van der Waals surface area contributed by atoms with Crippen molar-refractivity contribution in [3.05, 3.63) is 46.3 Å². The monoisotopic (exact) mass is 447 g/mol. The molecule has 0 bridgehead atoms. The SMILES string of the molecule is CCOC(=O)c1[nH]c(C=C2C(=O)Nc3ccc(S(=O)(=O)NC)cc32)c(C(=O)OC)c1C. The fourth-order valence-electron chi connectivity index (χ4n) is 3.24. The quantitative estimate of drug-likeness (QED) is 0.451. The van der Waals surface area contributed by atoms with E-state index in [0.717, 1.165) is 0 Å². The van der Waals surface area contributed by atoms with Gasteiger partial charge in [-0.15, -0.1) is 0 Å². The van der Waals surface area contributed by atoms with Crippen molar-refractivity contribution in [3.63, 3.8) is 0 Å². The molecule has 10 nitrogen and oxygen atoms in total. The highest BCUT2D eigenvalue weighted by Gasteiger charge is 2.29. The summed E-state index contributed by atoms with van der Waals surface area (Å²) < 4.78 is 36.4. The van der Waals surface area contributed by atoms with E-state index in [0.29, 0.717) is 16.8 Å². The maximum atomic E-state index is 12.6. The number of hydrogen-bond acceptors (Lipinski definition) is 7. The average Bonchev–Trinajstić information content (AvgIpc) is 3.23. The second kappa shape index (κ2) is 8.36. The fourth-order valence-corrected chi connectivity index (χ4v) is 3.99. The Morgan fingerprint density at radius 3 is 2.55 bits per heavy atom. The van der Waals surface area contributed by atoms with Gasteiger partial charge in [0, 0.05) is 11.3 Å². The Morgan fingerprint density at radius 2 is 1.94 bits per heavy atom. The Balaban J connectivity index is 2.20. The molecule has 11 heteroatoms. The molecule has 1 aliphatic rings. The Morgan fingerprint density at radius 1 is 1.23 bits per heavy atom. The number of fused-ring (bicyclic) bond motifs is 1. The Hall–Kier alpha value is -3.44. The number of carbonyl (C=O) groups excluding carboxylic acids is 3. The summed E-state index contributed by atoms with van der Waals surface area (Å²) in [6.07, 6.45) is 1.37. The van der Waals surface area contributed by atoms with Crippen LogP contribution in [0.25, 0.3) is 11.6 Å². The van der Waals surface area contributed by atoms with E-state index in [1.54, 1.807) is 13.8 Å². The number of anilines is 1. The number of rotatable bonds is 6. The Labute approximate surface area is 178 Å². The highest BCUT2D eigenvalue weighted by atomic mass is 32.2. The molecule has 3 rings (SSSR count). The van der Waals surface area contributed by atoms with Crippen LogP contribution in [0.15, 0.2) is 23.1 Å². The molecule has 0 fully saturated rings. The second-order valence-electron chi connectivity index (χ2n) is 6.55. The molecule has 0 saturated carbocycles. The third kappa shape index (κ3) is 3.97. The summed E-state index contributed by atoms with van der Waals surface area (Å²) in [5.41, 5.74) is 1.46. The van der Waals surface area contributed by atoms with Gasteiger partial charge in [0.05, 0.1) is 35.4 Å². The molecule has 0 spiro atoms. The lowest BCUT2D eigenvalue weighted by molar-refractivity contribution is -0.110. The molecule has 2 aromatic rings. The first-order chi connectivity index (χ1) is 14.6.